The summed E-state index contributed by atoms with van der Waals surface area (Å²) in [5, 5.41) is 0. The molecule has 1 amide bonds. The van der Waals surface area contributed by atoms with Gasteiger partial charge in [0.1, 0.15) is 0 Å². The van der Waals surface area contributed by atoms with E-state index in [0.29, 0.717) is 12.5 Å². The van der Waals surface area contributed by atoms with Gasteiger partial charge in [-0.15, -0.1) is 6.42 Å². The van der Waals surface area contributed by atoms with Gasteiger partial charge in [-0.2, -0.15) is 0 Å². The zero-order chi connectivity index (χ0) is 12.7. The van der Waals surface area contributed by atoms with E-state index >= 15 is 0 Å². The summed E-state index contributed by atoms with van der Waals surface area (Å²) in [6.45, 7) is 5.03. The van der Waals surface area contributed by atoms with E-state index in [-0.39, 0.29) is 5.91 Å². The van der Waals surface area contributed by atoms with Gasteiger partial charge < -0.3 is 4.90 Å². The lowest BCUT2D eigenvalue weighted by atomic mass is 10.00. The first-order chi connectivity index (χ1) is 8.19. The second kappa shape index (κ2) is 7.17. The number of β-lactam (4-membered cyclic amide) rings is 1. The van der Waals surface area contributed by atoms with Gasteiger partial charge in [-0.25, -0.2) is 0 Å². The van der Waals surface area contributed by atoms with Crippen LogP contribution in [0.5, 0.6) is 0 Å². The number of nitrogens with zero attached hydrogens (tertiary/aromatic N) is 1. The largest absolute Gasteiger partial charge is 0.335 e. The Labute approximate surface area is 105 Å². The number of unbranched alkanes of at least 4 members (excludes halogenated alkanes) is 3. The van der Waals surface area contributed by atoms with Crippen LogP contribution in [0.2, 0.25) is 0 Å². The van der Waals surface area contributed by atoms with Crippen molar-refractivity contribution in [2.45, 2.75) is 58.4 Å². The van der Waals surface area contributed by atoms with E-state index in [9.17, 15) is 4.79 Å². The van der Waals surface area contributed by atoms with Gasteiger partial charge in [0.05, 0.1) is 0 Å². The smallest absolute Gasteiger partial charge is 0.225 e. The fourth-order valence-corrected chi connectivity index (χ4v) is 2.17. The molecule has 0 spiro atoms. The maximum atomic E-state index is 11.4. The summed E-state index contributed by atoms with van der Waals surface area (Å²) < 4.78 is 0. The lowest BCUT2D eigenvalue weighted by molar-refractivity contribution is -0.144. The number of likely N-dealkylation sites (tertiary alicyclic amines) is 1. The van der Waals surface area contributed by atoms with Crippen LogP contribution in [0, 0.1) is 12.3 Å². The normalized spacial score (nSPS) is 20.1. The van der Waals surface area contributed by atoms with Crippen LogP contribution >= 0.6 is 0 Å². The molecule has 0 bridgehead atoms. The van der Waals surface area contributed by atoms with Crippen molar-refractivity contribution in [3.8, 4) is 12.3 Å². The highest BCUT2D eigenvalue weighted by Crippen LogP contribution is 2.21. The van der Waals surface area contributed by atoms with Crippen LogP contribution in [0.25, 0.3) is 0 Å². The highest BCUT2D eigenvalue weighted by atomic mass is 16.2. The minimum atomic E-state index is 0.258. The second-order valence-corrected chi connectivity index (χ2v) is 4.85. The number of carbonyl (C=O) groups excluding carboxylic acids is 1. The Kier molecular flexibility index (Phi) is 5.83. The van der Waals surface area contributed by atoms with Crippen LogP contribution in [0.4, 0.5) is 0 Å². The Morgan fingerprint density at radius 3 is 2.82 bits per heavy atom. The standard InChI is InChI=1S/C15H23NO/c1-4-6-7-8-10-14(9-5-2)12-16-13(3)11-15(16)17/h2,9,13H,4,6-8,10-12H2,1,3H3/b14-9+. The molecule has 0 aliphatic carbocycles. The molecule has 1 saturated heterocycles. The topological polar surface area (TPSA) is 20.3 Å². The maximum absolute atomic E-state index is 11.4. The molecule has 1 aliphatic heterocycles. The molecular weight excluding hydrogens is 210 g/mol. The number of carbonyl (C=O) groups is 1. The van der Waals surface area contributed by atoms with Crippen LogP contribution in [-0.4, -0.2) is 23.4 Å². The molecule has 1 fully saturated rings. The van der Waals surface area contributed by atoms with Crippen LogP contribution in [-0.2, 0) is 4.79 Å². The number of terminal acetylenes is 1. The maximum Gasteiger partial charge on any atom is 0.225 e. The van der Waals surface area contributed by atoms with Gasteiger partial charge in [0, 0.05) is 19.0 Å². The third-order valence-corrected chi connectivity index (χ3v) is 3.33. The molecule has 0 saturated carbocycles. The molecule has 0 aromatic rings. The number of amides is 1. The first-order valence-corrected chi connectivity index (χ1v) is 6.62. The fraction of sp³-hybridized carbons (Fsp3) is 0.667. The number of rotatable bonds is 7. The van der Waals surface area contributed by atoms with Crippen molar-refractivity contribution in [2.24, 2.45) is 0 Å². The predicted molar refractivity (Wildman–Crippen MR) is 71.5 cm³/mol. The lowest BCUT2D eigenvalue weighted by Gasteiger charge is -2.38. The quantitative estimate of drug-likeness (QED) is 0.376. The summed E-state index contributed by atoms with van der Waals surface area (Å²) in [6, 6.07) is 0.388. The monoisotopic (exact) mass is 233 g/mol. The number of hydrogen-bond donors (Lipinski definition) is 0. The van der Waals surface area contributed by atoms with Gasteiger partial charge in [0.2, 0.25) is 5.91 Å². The van der Waals surface area contributed by atoms with Crippen molar-refractivity contribution >= 4 is 5.91 Å². The summed E-state index contributed by atoms with van der Waals surface area (Å²) >= 11 is 0. The SMILES string of the molecule is C#C/C=C(\CCCCCC)CN1C(=O)CC1C. The summed E-state index contributed by atoms with van der Waals surface area (Å²) in [5.41, 5.74) is 1.23. The molecule has 2 heteroatoms. The third-order valence-electron chi connectivity index (χ3n) is 3.33. The highest BCUT2D eigenvalue weighted by Gasteiger charge is 2.32. The first kappa shape index (κ1) is 13.8. The Balaban J connectivity index is 2.36. The molecule has 94 valence electrons. The number of hydrogen-bond acceptors (Lipinski definition) is 1. The molecule has 0 radical (unpaired) electrons. The van der Waals surface area contributed by atoms with E-state index in [4.69, 9.17) is 6.42 Å². The summed E-state index contributed by atoms with van der Waals surface area (Å²) in [5.74, 6) is 2.85. The molecule has 1 aliphatic rings. The Morgan fingerprint density at radius 2 is 2.29 bits per heavy atom. The summed E-state index contributed by atoms with van der Waals surface area (Å²) in [7, 11) is 0. The zero-order valence-electron chi connectivity index (χ0n) is 11.0. The average Bonchev–Trinajstić information content (AvgIpc) is 2.31. The van der Waals surface area contributed by atoms with Crippen LogP contribution < -0.4 is 0 Å². The van der Waals surface area contributed by atoms with E-state index in [1.54, 1.807) is 0 Å². The van der Waals surface area contributed by atoms with E-state index in [0.717, 1.165) is 13.0 Å². The van der Waals surface area contributed by atoms with Crippen LogP contribution in [0.15, 0.2) is 11.6 Å². The van der Waals surface area contributed by atoms with Crippen LogP contribution in [0.1, 0.15) is 52.4 Å². The lowest BCUT2D eigenvalue weighted by Crippen LogP contribution is -2.51. The van der Waals surface area contributed by atoms with E-state index < -0.39 is 0 Å². The average molecular weight is 233 g/mol. The van der Waals surface area contributed by atoms with E-state index in [1.165, 1.54) is 31.3 Å². The first-order valence-electron chi connectivity index (χ1n) is 6.62. The van der Waals surface area contributed by atoms with Gasteiger partial charge in [-0.3, -0.25) is 4.79 Å². The van der Waals surface area contributed by atoms with Crippen molar-refractivity contribution in [3.63, 3.8) is 0 Å². The van der Waals surface area contributed by atoms with Crippen molar-refractivity contribution < 1.29 is 4.79 Å². The summed E-state index contributed by atoms with van der Waals surface area (Å²) in [6.07, 6.45) is 13.9. The van der Waals surface area contributed by atoms with Crippen molar-refractivity contribution in [1.29, 1.82) is 0 Å². The highest BCUT2D eigenvalue weighted by molar-refractivity contribution is 5.83. The van der Waals surface area contributed by atoms with E-state index in [2.05, 4.69) is 19.8 Å². The molecule has 2 nitrogen and oxygen atoms in total. The van der Waals surface area contributed by atoms with Crippen molar-refractivity contribution in [1.82, 2.24) is 4.90 Å². The molecule has 0 aromatic heterocycles. The summed E-state index contributed by atoms with van der Waals surface area (Å²) in [4.78, 5) is 13.3. The predicted octanol–water partition coefficient (Wildman–Crippen LogP) is 3.14. The molecule has 17 heavy (non-hydrogen) atoms. The van der Waals surface area contributed by atoms with Gasteiger partial charge in [-0.1, -0.05) is 32.1 Å². The molecule has 0 N–H and O–H groups in total. The second-order valence-electron chi connectivity index (χ2n) is 4.85. The minimum Gasteiger partial charge on any atom is -0.335 e. The van der Waals surface area contributed by atoms with Gasteiger partial charge in [0.15, 0.2) is 0 Å². The molecule has 1 atom stereocenters. The molecular formula is C15H23NO. The minimum absolute atomic E-state index is 0.258. The zero-order valence-corrected chi connectivity index (χ0v) is 11.0. The van der Waals surface area contributed by atoms with Crippen molar-refractivity contribution in [2.75, 3.05) is 6.54 Å². The molecule has 1 rings (SSSR count). The van der Waals surface area contributed by atoms with Gasteiger partial charge in [0.25, 0.3) is 0 Å². The number of allylic oxidation sites excluding steroid dienone is 1. The third kappa shape index (κ3) is 4.26. The Bertz CT molecular complexity index is 324. The Hall–Kier alpha value is -1.23. The molecule has 1 unspecified atom stereocenters. The van der Waals surface area contributed by atoms with Gasteiger partial charge >= 0.3 is 0 Å². The van der Waals surface area contributed by atoms with E-state index in [1.807, 2.05) is 11.0 Å². The van der Waals surface area contributed by atoms with Crippen molar-refractivity contribution in [3.05, 3.63) is 11.6 Å². The fourth-order valence-electron chi connectivity index (χ4n) is 2.17. The Morgan fingerprint density at radius 1 is 1.53 bits per heavy atom. The molecule has 0 aromatic carbocycles. The van der Waals surface area contributed by atoms with Gasteiger partial charge in [-0.05, 0) is 31.4 Å². The molecule has 1 heterocycles. The van der Waals surface area contributed by atoms with Crippen LogP contribution in [0.3, 0.4) is 0 Å².